The van der Waals surface area contributed by atoms with Crippen molar-refractivity contribution in [1.29, 1.82) is 0 Å². The van der Waals surface area contributed by atoms with E-state index < -0.39 is 0 Å². The van der Waals surface area contributed by atoms with E-state index in [0.29, 0.717) is 5.41 Å². The van der Waals surface area contributed by atoms with Crippen molar-refractivity contribution in [2.75, 3.05) is 0 Å². The molecule has 1 aromatic carbocycles. The second-order valence-corrected chi connectivity index (χ2v) is 4.75. The fraction of sp³-hybridized carbons (Fsp3) is 0.500. The molecular weight excluding hydrogens is 192 g/mol. The first kappa shape index (κ1) is 13.0. The lowest BCUT2D eigenvalue weighted by Gasteiger charge is -2.22. The predicted molar refractivity (Wildman–Crippen MR) is 73.5 cm³/mol. The summed E-state index contributed by atoms with van der Waals surface area (Å²) < 4.78 is 0. The summed E-state index contributed by atoms with van der Waals surface area (Å²) in [7, 11) is 0. The lowest BCUT2D eigenvalue weighted by molar-refractivity contribution is 0.398. The van der Waals surface area contributed by atoms with Crippen molar-refractivity contribution in [3.05, 3.63) is 41.5 Å². The minimum atomic E-state index is 0.348. The molecule has 0 atom stereocenters. The fourth-order valence-corrected chi connectivity index (χ4v) is 1.80. The molecule has 0 aliphatic heterocycles. The predicted octanol–water partition coefficient (Wildman–Crippen LogP) is 5.09. The third-order valence-corrected chi connectivity index (χ3v) is 3.72. The van der Waals surface area contributed by atoms with Crippen molar-refractivity contribution < 1.29 is 0 Å². The molecule has 0 saturated carbocycles. The van der Waals surface area contributed by atoms with E-state index in [1.807, 2.05) is 0 Å². The molecule has 0 spiro atoms. The smallest absolute Gasteiger partial charge is 0.0148 e. The monoisotopic (exact) mass is 216 g/mol. The Hall–Kier alpha value is -1.04. The number of allylic oxidation sites excluding steroid dienone is 1. The molecule has 16 heavy (non-hydrogen) atoms. The summed E-state index contributed by atoms with van der Waals surface area (Å²) in [5.41, 5.74) is 3.16. The van der Waals surface area contributed by atoms with Crippen LogP contribution in [0.1, 0.15) is 51.7 Å². The molecule has 0 radical (unpaired) electrons. The van der Waals surface area contributed by atoms with Crippen LogP contribution in [0.25, 0.3) is 6.08 Å². The van der Waals surface area contributed by atoms with Crippen molar-refractivity contribution in [3.63, 3.8) is 0 Å². The van der Waals surface area contributed by atoms with Crippen LogP contribution in [0.3, 0.4) is 0 Å². The van der Waals surface area contributed by atoms with Crippen LogP contribution >= 0.6 is 0 Å². The Kier molecular flexibility index (Phi) is 4.79. The molecule has 0 fully saturated rings. The highest BCUT2D eigenvalue weighted by Gasteiger charge is 2.14. The summed E-state index contributed by atoms with van der Waals surface area (Å²) in [6.07, 6.45) is 8.19. The largest absolute Gasteiger partial charge is 0.0780 e. The second kappa shape index (κ2) is 5.89. The molecule has 1 aromatic rings. The third-order valence-electron chi connectivity index (χ3n) is 3.72. The fourth-order valence-electron chi connectivity index (χ4n) is 1.80. The Bertz CT molecular complexity index is 343. The van der Waals surface area contributed by atoms with Gasteiger partial charge in [-0.15, -0.1) is 0 Å². The molecule has 0 nitrogen and oxygen atoms in total. The molecular formula is C16H24. The lowest BCUT2D eigenvalue weighted by atomic mass is 9.84. The maximum absolute atomic E-state index is 2.38. The molecule has 0 saturated heterocycles. The first-order chi connectivity index (χ1) is 7.65. The van der Waals surface area contributed by atoms with Crippen LogP contribution in [0.2, 0.25) is 0 Å². The van der Waals surface area contributed by atoms with Crippen LogP contribution in [0.5, 0.6) is 0 Å². The molecule has 0 aliphatic carbocycles. The highest BCUT2D eigenvalue weighted by Crippen LogP contribution is 2.28. The molecule has 0 bridgehead atoms. The average Bonchev–Trinajstić information content (AvgIpc) is 2.36. The Balaban J connectivity index is 2.91. The standard InChI is InChI=1S/C16H24/c1-5-14-10-8-9-11-15(14)12-13-16(4,6-2)7-3/h8-13H,5-7H2,1-4H3/b13-12+. The number of benzene rings is 1. The number of rotatable bonds is 5. The summed E-state index contributed by atoms with van der Waals surface area (Å²) >= 11 is 0. The molecule has 0 heteroatoms. The molecule has 0 aliphatic rings. The molecule has 0 amide bonds. The SMILES string of the molecule is CCc1ccccc1/C=C/C(C)(CC)CC. The van der Waals surface area contributed by atoms with Gasteiger partial charge in [-0.05, 0) is 35.8 Å². The van der Waals surface area contributed by atoms with Crippen molar-refractivity contribution >= 4 is 6.08 Å². The molecule has 1 rings (SSSR count). The van der Waals surface area contributed by atoms with Crippen LogP contribution in [0.4, 0.5) is 0 Å². The highest BCUT2D eigenvalue weighted by molar-refractivity contribution is 5.54. The minimum absolute atomic E-state index is 0.348. The second-order valence-electron chi connectivity index (χ2n) is 4.75. The van der Waals surface area contributed by atoms with Gasteiger partial charge in [0.15, 0.2) is 0 Å². The van der Waals surface area contributed by atoms with E-state index in [9.17, 15) is 0 Å². The topological polar surface area (TPSA) is 0 Å². The van der Waals surface area contributed by atoms with Crippen LogP contribution in [0.15, 0.2) is 30.3 Å². The minimum Gasteiger partial charge on any atom is -0.0780 e. The van der Waals surface area contributed by atoms with Gasteiger partial charge >= 0.3 is 0 Å². The summed E-state index contributed by atoms with van der Waals surface area (Å²) in [5.74, 6) is 0. The zero-order valence-electron chi connectivity index (χ0n) is 11.1. The number of hydrogen-bond acceptors (Lipinski definition) is 0. The van der Waals surface area contributed by atoms with E-state index in [1.165, 1.54) is 24.0 Å². The van der Waals surface area contributed by atoms with Gasteiger partial charge in [-0.3, -0.25) is 0 Å². The van der Waals surface area contributed by atoms with Crippen LogP contribution in [-0.2, 0) is 6.42 Å². The van der Waals surface area contributed by atoms with E-state index in [2.05, 4.69) is 64.1 Å². The van der Waals surface area contributed by atoms with E-state index in [-0.39, 0.29) is 0 Å². The van der Waals surface area contributed by atoms with Gasteiger partial charge in [-0.1, -0.05) is 64.1 Å². The summed E-state index contributed by atoms with van der Waals surface area (Å²) in [4.78, 5) is 0. The van der Waals surface area contributed by atoms with E-state index in [1.54, 1.807) is 0 Å². The van der Waals surface area contributed by atoms with E-state index >= 15 is 0 Å². The van der Waals surface area contributed by atoms with Gasteiger partial charge in [0.25, 0.3) is 0 Å². The maximum atomic E-state index is 2.38. The van der Waals surface area contributed by atoms with Gasteiger partial charge in [0.2, 0.25) is 0 Å². The molecule has 0 aromatic heterocycles. The molecule has 88 valence electrons. The van der Waals surface area contributed by atoms with Gasteiger partial charge < -0.3 is 0 Å². The summed E-state index contributed by atoms with van der Waals surface area (Å²) in [5, 5.41) is 0. The highest BCUT2D eigenvalue weighted by atomic mass is 14.2. The van der Waals surface area contributed by atoms with E-state index in [4.69, 9.17) is 0 Å². The van der Waals surface area contributed by atoms with Crippen molar-refractivity contribution in [1.82, 2.24) is 0 Å². The van der Waals surface area contributed by atoms with Gasteiger partial charge in [-0.2, -0.15) is 0 Å². The molecule has 0 heterocycles. The summed E-state index contributed by atoms with van der Waals surface area (Å²) in [6, 6.07) is 8.67. The molecule has 0 N–H and O–H groups in total. The Morgan fingerprint density at radius 3 is 2.25 bits per heavy atom. The van der Waals surface area contributed by atoms with Gasteiger partial charge in [0.1, 0.15) is 0 Å². The third kappa shape index (κ3) is 3.23. The van der Waals surface area contributed by atoms with Gasteiger partial charge in [0, 0.05) is 0 Å². The summed E-state index contributed by atoms with van der Waals surface area (Å²) in [6.45, 7) is 9.07. The van der Waals surface area contributed by atoms with Crippen molar-refractivity contribution in [2.24, 2.45) is 5.41 Å². The number of hydrogen-bond donors (Lipinski definition) is 0. The first-order valence-corrected chi connectivity index (χ1v) is 6.42. The maximum Gasteiger partial charge on any atom is -0.0148 e. The average molecular weight is 216 g/mol. The van der Waals surface area contributed by atoms with Gasteiger partial charge in [0.05, 0.1) is 0 Å². The van der Waals surface area contributed by atoms with Crippen LogP contribution in [-0.4, -0.2) is 0 Å². The Labute approximate surface area is 100 Å². The Morgan fingerprint density at radius 1 is 1.06 bits per heavy atom. The van der Waals surface area contributed by atoms with Crippen LogP contribution < -0.4 is 0 Å². The van der Waals surface area contributed by atoms with Crippen LogP contribution in [0, 0.1) is 5.41 Å². The number of aryl methyl sites for hydroxylation is 1. The lowest BCUT2D eigenvalue weighted by Crippen LogP contribution is -2.09. The normalized spacial score (nSPS) is 12.2. The molecule has 0 unspecified atom stereocenters. The Morgan fingerprint density at radius 2 is 1.69 bits per heavy atom. The van der Waals surface area contributed by atoms with Gasteiger partial charge in [-0.25, -0.2) is 0 Å². The quantitative estimate of drug-likeness (QED) is 0.643. The zero-order valence-corrected chi connectivity index (χ0v) is 11.1. The first-order valence-electron chi connectivity index (χ1n) is 6.42. The zero-order chi connectivity index (χ0) is 12.0. The van der Waals surface area contributed by atoms with E-state index in [0.717, 1.165) is 6.42 Å². The van der Waals surface area contributed by atoms with Crippen molar-refractivity contribution in [2.45, 2.75) is 47.0 Å². The van der Waals surface area contributed by atoms with Crippen molar-refractivity contribution in [3.8, 4) is 0 Å².